The molecule has 5 heteroatoms. The first-order chi connectivity index (χ1) is 8.70. The Kier molecular flexibility index (Phi) is 4.28. The van der Waals surface area contributed by atoms with Crippen LogP contribution in [0.2, 0.25) is 0 Å². The topological polar surface area (TPSA) is 56.7 Å². The molecule has 2 heterocycles. The van der Waals surface area contributed by atoms with E-state index in [2.05, 4.69) is 9.88 Å². The van der Waals surface area contributed by atoms with Crippen molar-refractivity contribution >= 4 is 5.91 Å². The molecule has 1 aromatic heterocycles. The fourth-order valence-electron chi connectivity index (χ4n) is 2.14. The molecule has 0 saturated carbocycles. The molecular weight excluding hydrogens is 230 g/mol. The third-order valence-corrected chi connectivity index (χ3v) is 3.18. The summed E-state index contributed by atoms with van der Waals surface area (Å²) in [4.78, 5) is 20.5. The number of nitrogens with zero attached hydrogens (tertiary/aromatic N) is 3. The average molecular weight is 249 g/mol. The zero-order valence-electron chi connectivity index (χ0n) is 10.7. The molecule has 0 spiro atoms. The molecule has 1 aliphatic heterocycles. The van der Waals surface area contributed by atoms with Crippen molar-refractivity contribution in [1.82, 2.24) is 14.8 Å². The van der Waals surface area contributed by atoms with Crippen LogP contribution in [0.5, 0.6) is 0 Å². The molecule has 1 amide bonds. The lowest BCUT2D eigenvalue weighted by Gasteiger charge is -2.34. The van der Waals surface area contributed by atoms with Gasteiger partial charge in [-0.15, -0.1) is 0 Å². The van der Waals surface area contributed by atoms with E-state index in [9.17, 15) is 4.79 Å². The molecule has 0 atom stereocenters. The number of β-amino-alcohol motifs (C(OH)–C–C–N with tert-alkyl or cyclic N) is 1. The minimum Gasteiger partial charge on any atom is -0.395 e. The van der Waals surface area contributed by atoms with Crippen molar-refractivity contribution in [3.63, 3.8) is 0 Å². The zero-order valence-corrected chi connectivity index (χ0v) is 10.7. The Morgan fingerprint density at radius 3 is 2.67 bits per heavy atom. The second kappa shape index (κ2) is 5.93. The number of hydrogen-bond acceptors (Lipinski definition) is 4. The molecule has 5 nitrogen and oxygen atoms in total. The summed E-state index contributed by atoms with van der Waals surface area (Å²) in [5, 5.41) is 8.87. The van der Waals surface area contributed by atoms with Crippen LogP contribution in [0.1, 0.15) is 16.2 Å². The van der Waals surface area contributed by atoms with Gasteiger partial charge in [-0.1, -0.05) is 6.07 Å². The van der Waals surface area contributed by atoms with E-state index in [0.717, 1.165) is 18.8 Å². The van der Waals surface area contributed by atoms with Crippen LogP contribution in [-0.4, -0.2) is 65.1 Å². The Bertz CT molecular complexity index is 414. The first-order valence-electron chi connectivity index (χ1n) is 6.27. The number of aromatic nitrogens is 1. The molecule has 1 saturated heterocycles. The normalized spacial score (nSPS) is 16.9. The van der Waals surface area contributed by atoms with Crippen LogP contribution < -0.4 is 0 Å². The van der Waals surface area contributed by atoms with Crippen molar-refractivity contribution in [3.05, 3.63) is 29.6 Å². The van der Waals surface area contributed by atoms with Gasteiger partial charge in [0.1, 0.15) is 5.69 Å². The van der Waals surface area contributed by atoms with Gasteiger partial charge in [-0.2, -0.15) is 0 Å². The van der Waals surface area contributed by atoms with Crippen molar-refractivity contribution in [3.8, 4) is 0 Å². The van der Waals surface area contributed by atoms with E-state index in [1.54, 1.807) is 6.07 Å². The van der Waals surface area contributed by atoms with Crippen LogP contribution in [0.3, 0.4) is 0 Å². The highest BCUT2D eigenvalue weighted by molar-refractivity contribution is 5.92. The summed E-state index contributed by atoms with van der Waals surface area (Å²) in [5.41, 5.74) is 1.38. The molecule has 1 aliphatic rings. The number of aliphatic hydroxyl groups excluding tert-OH is 1. The van der Waals surface area contributed by atoms with Gasteiger partial charge in [0.05, 0.1) is 6.61 Å². The Balaban J connectivity index is 1.95. The van der Waals surface area contributed by atoms with Crippen molar-refractivity contribution in [1.29, 1.82) is 0 Å². The zero-order chi connectivity index (χ0) is 13.0. The molecule has 0 unspecified atom stereocenters. The number of aliphatic hydroxyl groups is 1. The van der Waals surface area contributed by atoms with Crippen LogP contribution in [0.4, 0.5) is 0 Å². The molecule has 2 rings (SSSR count). The first kappa shape index (κ1) is 13.0. The monoisotopic (exact) mass is 249 g/mol. The number of amides is 1. The highest BCUT2D eigenvalue weighted by Crippen LogP contribution is 2.07. The maximum absolute atomic E-state index is 12.2. The minimum atomic E-state index is 0.00217. The lowest BCUT2D eigenvalue weighted by Crippen LogP contribution is -2.49. The van der Waals surface area contributed by atoms with Crippen LogP contribution in [0.25, 0.3) is 0 Å². The third kappa shape index (κ3) is 3.05. The standard InChI is InChI=1S/C13H19N3O2/c1-11-3-2-4-12(14-11)13(18)16-7-5-15(6-8-16)9-10-17/h2-4,17H,5-10H2,1H3. The number of hydrogen-bond donors (Lipinski definition) is 1. The Hall–Kier alpha value is -1.46. The van der Waals surface area contributed by atoms with Crippen LogP contribution in [0, 0.1) is 6.92 Å². The number of rotatable bonds is 3. The fourth-order valence-corrected chi connectivity index (χ4v) is 2.14. The summed E-state index contributed by atoms with van der Waals surface area (Å²) in [7, 11) is 0. The van der Waals surface area contributed by atoms with E-state index in [1.807, 2.05) is 24.0 Å². The summed E-state index contributed by atoms with van der Waals surface area (Å²) in [6.07, 6.45) is 0. The Morgan fingerprint density at radius 1 is 1.33 bits per heavy atom. The molecule has 18 heavy (non-hydrogen) atoms. The lowest BCUT2D eigenvalue weighted by molar-refractivity contribution is 0.0609. The van der Waals surface area contributed by atoms with E-state index in [4.69, 9.17) is 5.11 Å². The van der Waals surface area contributed by atoms with Gasteiger partial charge in [0.15, 0.2) is 0 Å². The SMILES string of the molecule is Cc1cccc(C(=O)N2CCN(CCO)CC2)n1. The molecular formula is C13H19N3O2. The Labute approximate surface area is 107 Å². The maximum atomic E-state index is 12.2. The molecule has 1 N–H and O–H groups in total. The van der Waals surface area contributed by atoms with Crippen LogP contribution >= 0.6 is 0 Å². The van der Waals surface area contributed by atoms with E-state index in [0.29, 0.717) is 25.3 Å². The number of carbonyl (C=O) groups excluding carboxylic acids is 1. The number of pyridine rings is 1. The van der Waals surface area contributed by atoms with Gasteiger partial charge in [-0.05, 0) is 19.1 Å². The van der Waals surface area contributed by atoms with Gasteiger partial charge in [0.25, 0.3) is 5.91 Å². The van der Waals surface area contributed by atoms with Crippen LogP contribution in [-0.2, 0) is 0 Å². The third-order valence-electron chi connectivity index (χ3n) is 3.18. The highest BCUT2D eigenvalue weighted by atomic mass is 16.3. The summed E-state index contributed by atoms with van der Waals surface area (Å²) in [6, 6.07) is 5.50. The lowest BCUT2D eigenvalue weighted by atomic mass is 10.2. The number of carbonyl (C=O) groups is 1. The quantitative estimate of drug-likeness (QED) is 0.828. The summed E-state index contributed by atoms with van der Waals surface area (Å²) in [6.45, 7) is 5.78. The van der Waals surface area contributed by atoms with Crippen molar-refractivity contribution in [2.24, 2.45) is 0 Å². The molecule has 0 radical (unpaired) electrons. The largest absolute Gasteiger partial charge is 0.395 e. The van der Waals surface area contributed by atoms with E-state index in [-0.39, 0.29) is 12.5 Å². The van der Waals surface area contributed by atoms with Gasteiger partial charge < -0.3 is 10.0 Å². The molecule has 0 aromatic carbocycles. The van der Waals surface area contributed by atoms with Gasteiger partial charge in [0, 0.05) is 38.4 Å². The number of aryl methyl sites for hydroxylation is 1. The molecule has 0 bridgehead atoms. The van der Waals surface area contributed by atoms with Crippen LogP contribution in [0.15, 0.2) is 18.2 Å². The smallest absolute Gasteiger partial charge is 0.272 e. The molecule has 98 valence electrons. The fraction of sp³-hybridized carbons (Fsp3) is 0.538. The van der Waals surface area contributed by atoms with Gasteiger partial charge >= 0.3 is 0 Å². The minimum absolute atomic E-state index is 0.00217. The molecule has 0 aliphatic carbocycles. The summed E-state index contributed by atoms with van der Waals surface area (Å²) < 4.78 is 0. The predicted octanol–water partition coefficient (Wildman–Crippen LogP) is 0.140. The number of piperazine rings is 1. The second-order valence-corrected chi connectivity index (χ2v) is 4.52. The van der Waals surface area contributed by atoms with Crippen molar-refractivity contribution in [2.75, 3.05) is 39.3 Å². The van der Waals surface area contributed by atoms with E-state index < -0.39 is 0 Å². The van der Waals surface area contributed by atoms with Gasteiger partial charge in [0.2, 0.25) is 0 Å². The highest BCUT2D eigenvalue weighted by Gasteiger charge is 2.22. The molecule has 1 fully saturated rings. The summed E-state index contributed by atoms with van der Waals surface area (Å²) in [5.74, 6) is 0.00217. The second-order valence-electron chi connectivity index (χ2n) is 4.52. The van der Waals surface area contributed by atoms with Gasteiger partial charge in [-0.25, -0.2) is 4.98 Å². The van der Waals surface area contributed by atoms with Crippen molar-refractivity contribution in [2.45, 2.75) is 6.92 Å². The maximum Gasteiger partial charge on any atom is 0.272 e. The molecule has 1 aromatic rings. The van der Waals surface area contributed by atoms with Gasteiger partial charge in [-0.3, -0.25) is 9.69 Å². The van der Waals surface area contributed by atoms with E-state index >= 15 is 0 Å². The summed E-state index contributed by atoms with van der Waals surface area (Å²) >= 11 is 0. The van der Waals surface area contributed by atoms with E-state index in [1.165, 1.54) is 0 Å². The Morgan fingerprint density at radius 2 is 2.06 bits per heavy atom. The first-order valence-corrected chi connectivity index (χ1v) is 6.27. The predicted molar refractivity (Wildman–Crippen MR) is 68.4 cm³/mol. The van der Waals surface area contributed by atoms with Crippen molar-refractivity contribution < 1.29 is 9.90 Å². The average Bonchev–Trinajstić information content (AvgIpc) is 2.39.